The number of nitrogens with zero attached hydrogens (tertiary/aromatic N) is 1. The number of carbonyl (C=O) groups is 1. The van der Waals surface area contributed by atoms with Gasteiger partial charge in [-0.25, -0.2) is 8.42 Å². The molecule has 1 amide bonds. The highest BCUT2D eigenvalue weighted by atomic mass is 32.2. The fraction of sp³-hybridized carbons (Fsp3) is 0.208. The zero-order chi connectivity index (χ0) is 21.6. The van der Waals surface area contributed by atoms with Crippen LogP contribution in [0.25, 0.3) is 0 Å². The molecule has 1 atom stereocenters. The van der Waals surface area contributed by atoms with Crippen molar-refractivity contribution in [3.63, 3.8) is 0 Å². The number of hydrogen-bond acceptors (Lipinski definition) is 3. The van der Waals surface area contributed by atoms with Crippen molar-refractivity contribution >= 4 is 21.6 Å². The Bertz CT molecular complexity index is 1070. The van der Waals surface area contributed by atoms with Crippen molar-refractivity contribution in [1.82, 2.24) is 5.32 Å². The van der Waals surface area contributed by atoms with Gasteiger partial charge in [0.05, 0.1) is 24.5 Å². The SMILES string of the molecule is CC[C@@H](NC(=O)c1ccc(CN(c2ccccc2)S(C)(=O)=O)cc1)c1ccccc1. The van der Waals surface area contributed by atoms with Gasteiger partial charge in [0.25, 0.3) is 5.91 Å². The van der Waals surface area contributed by atoms with Crippen molar-refractivity contribution in [1.29, 1.82) is 0 Å². The lowest BCUT2D eigenvalue weighted by molar-refractivity contribution is 0.0935. The Morgan fingerprint density at radius 2 is 1.47 bits per heavy atom. The first-order valence-corrected chi connectivity index (χ1v) is 11.7. The number of hydrogen-bond donors (Lipinski definition) is 1. The molecule has 0 saturated carbocycles. The highest BCUT2D eigenvalue weighted by Crippen LogP contribution is 2.21. The fourth-order valence-corrected chi connectivity index (χ4v) is 4.16. The number of anilines is 1. The smallest absolute Gasteiger partial charge is 0.251 e. The Balaban J connectivity index is 1.73. The summed E-state index contributed by atoms with van der Waals surface area (Å²) in [6.07, 6.45) is 1.98. The van der Waals surface area contributed by atoms with E-state index >= 15 is 0 Å². The summed E-state index contributed by atoms with van der Waals surface area (Å²) < 4.78 is 25.9. The maximum Gasteiger partial charge on any atom is 0.251 e. The third-order valence-electron chi connectivity index (χ3n) is 4.90. The highest BCUT2D eigenvalue weighted by Gasteiger charge is 2.18. The molecule has 0 unspecified atom stereocenters. The largest absolute Gasteiger partial charge is 0.345 e. The standard InChI is InChI=1S/C24H26N2O3S/c1-3-23(20-10-6-4-7-11-20)25-24(27)21-16-14-19(15-17-21)18-26(30(2,28)29)22-12-8-5-9-13-22/h4-17,23H,3,18H2,1-2H3,(H,25,27)/t23-/m1/s1. The van der Waals surface area contributed by atoms with E-state index in [2.05, 4.69) is 5.32 Å². The van der Waals surface area contributed by atoms with Crippen LogP contribution in [0.3, 0.4) is 0 Å². The maximum absolute atomic E-state index is 12.7. The average Bonchev–Trinajstić information content (AvgIpc) is 2.76. The summed E-state index contributed by atoms with van der Waals surface area (Å²) in [7, 11) is -3.44. The molecule has 3 aromatic rings. The quantitative estimate of drug-likeness (QED) is 0.580. The Morgan fingerprint density at radius 3 is 2.00 bits per heavy atom. The van der Waals surface area contributed by atoms with Gasteiger partial charge in [-0.3, -0.25) is 9.10 Å². The van der Waals surface area contributed by atoms with Crippen molar-refractivity contribution in [2.45, 2.75) is 25.9 Å². The van der Waals surface area contributed by atoms with Crippen LogP contribution in [0.5, 0.6) is 0 Å². The number of benzene rings is 3. The Kier molecular flexibility index (Phi) is 6.90. The van der Waals surface area contributed by atoms with E-state index in [1.807, 2.05) is 43.3 Å². The Hall–Kier alpha value is -3.12. The van der Waals surface area contributed by atoms with Gasteiger partial charge in [0.15, 0.2) is 0 Å². The van der Waals surface area contributed by atoms with Crippen LogP contribution in [0, 0.1) is 0 Å². The minimum atomic E-state index is -3.44. The van der Waals surface area contributed by atoms with Crippen molar-refractivity contribution in [3.05, 3.63) is 102 Å². The second kappa shape index (κ2) is 9.59. The molecule has 0 aromatic heterocycles. The van der Waals surface area contributed by atoms with E-state index in [0.29, 0.717) is 11.3 Å². The number of rotatable bonds is 8. The summed E-state index contributed by atoms with van der Waals surface area (Å²) in [5.41, 5.74) is 3.02. The molecular formula is C24H26N2O3S. The predicted molar refractivity (Wildman–Crippen MR) is 121 cm³/mol. The number of amides is 1. The van der Waals surface area contributed by atoms with Gasteiger partial charge in [0.2, 0.25) is 10.0 Å². The van der Waals surface area contributed by atoms with Gasteiger partial charge in [-0.2, -0.15) is 0 Å². The van der Waals surface area contributed by atoms with Gasteiger partial charge in [-0.05, 0) is 41.8 Å². The summed E-state index contributed by atoms with van der Waals surface area (Å²) in [6.45, 7) is 2.23. The molecule has 3 rings (SSSR count). The summed E-state index contributed by atoms with van der Waals surface area (Å²) >= 11 is 0. The van der Waals surface area contributed by atoms with Crippen molar-refractivity contribution in [2.24, 2.45) is 0 Å². The normalized spacial score (nSPS) is 12.2. The molecule has 0 radical (unpaired) electrons. The summed E-state index contributed by atoms with van der Waals surface area (Å²) in [6, 6.07) is 25.8. The Labute approximate surface area is 178 Å². The highest BCUT2D eigenvalue weighted by molar-refractivity contribution is 7.92. The molecule has 0 aliphatic rings. The molecule has 5 nitrogen and oxygen atoms in total. The molecule has 0 aliphatic heterocycles. The van der Waals surface area contributed by atoms with Crippen LogP contribution in [0.15, 0.2) is 84.9 Å². The zero-order valence-electron chi connectivity index (χ0n) is 17.2. The van der Waals surface area contributed by atoms with Gasteiger partial charge in [-0.1, -0.05) is 67.6 Å². The molecule has 6 heteroatoms. The lowest BCUT2D eigenvalue weighted by atomic mass is 10.0. The van der Waals surface area contributed by atoms with E-state index in [1.165, 1.54) is 10.6 Å². The van der Waals surface area contributed by atoms with Gasteiger partial charge in [-0.15, -0.1) is 0 Å². The zero-order valence-corrected chi connectivity index (χ0v) is 18.0. The molecule has 30 heavy (non-hydrogen) atoms. The van der Waals surface area contributed by atoms with Crippen LogP contribution >= 0.6 is 0 Å². The topological polar surface area (TPSA) is 66.5 Å². The number of nitrogens with one attached hydrogen (secondary N) is 1. The lowest BCUT2D eigenvalue weighted by Crippen LogP contribution is -2.29. The molecular weight excluding hydrogens is 396 g/mol. The van der Waals surface area contributed by atoms with E-state index in [9.17, 15) is 13.2 Å². The van der Waals surface area contributed by atoms with Crippen LogP contribution in [0.1, 0.15) is 40.9 Å². The van der Waals surface area contributed by atoms with Gasteiger partial charge in [0.1, 0.15) is 0 Å². The summed E-state index contributed by atoms with van der Waals surface area (Å²) in [5, 5.41) is 3.06. The third kappa shape index (κ3) is 5.48. The fourth-order valence-electron chi connectivity index (χ4n) is 3.27. The van der Waals surface area contributed by atoms with E-state index < -0.39 is 10.0 Å². The minimum absolute atomic E-state index is 0.0582. The molecule has 0 saturated heterocycles. The van der Waals surface area contributed by atoms with Gasteiger partial charge >= 0.3 is 0 Å². The van der Waals surface area contributed by atoms with E-state index in [0.717, 1.165) is 17.5 Å². The molecule has 0 aliphatic carbocycles. The minimum Gasteiger partial charge on any atom is -0.345 e. The first-order chi connectivity index (χ1) is 14.4. The van der Waals surface area contributed by atoms with Crippen molar-refractivity contribution < 1.29 is 13.2 Å². The number of para-hydroxylation sites is 1. The van der Waals surface area contributed by atoms with E-state index in [4.69, 9.17) is 0 Å². The van der Waals surface area contributed by atoms with Crippen LogP contribution < -0.4 is 9.62 Å². The van der Waals surface area contributed by atoms with Gasteiger partial charge < -0.3 is 5.32 Å². The number of sulfonamides is 1. The van der Waals surface area contributed by atoms with Crippen LogP contribution in [-0.2, 0) is 16.6 Å². The predicted octanol–water partition coefficient (Wildman–Crippen LogP) is 4.53. The molecule has 0 spiro atoms. The van der Waals surface area contributed by atoms with Crippen LogP contribution in [-0.4, -0.2) is 20.6 Å². The van der Waals surface area contributed by atoms with Crippen LogP contribution in [0.4, 0.5) is 5.69 Å². The lowest BCUT2D eigenvalue weighted by Gasteiger charge is -2.22. The molecule has 156 valence electrons. The first-order valence-electron chi connectivity index (χ1n) is 9.86. The second-order valence-electron chi connectivity index (χ2n) is 7.15. The van der Waals surface area contributed by atoms with Crippen LogP contribution in [0.2, 0.25) is 0 Å². The molecule has 0 bridgehead atoms. The van der Waals surface area contributed by atoms with Gasteiger partial charge in [0, 0.05) is 5.56 Å². The molecule has 0 heterocycles. The maximum atomic E-state index is 12.7. The molecule has 0 fully saturated rings. The van der Waals surface area contributed by atoms with E-state index in [1.54, 1.807) is 48.5 Å². The average molecular weight is 423 g/mol. The first kappa shape index (κ1) is 21.6. The van der Waals surface area contributed by atoms with Crippen molar-refractivity contribution in [2.75, 3.05) is 10.6 Å². The second-order valence-corrected chi connectivity index (χ2v) is 9.05. The van der Waals surface area contributed by atoms with Crippen molar-refractivity contribution in [3.8, 4) is 0 Å². The molecule has 1 N–H and O–H groups in total. The summed E-state index contributed by atoms with van der Waals surface area (Å²) in [4.78, 5) is 12.7. The monoisotopic (exact) mass is 422 g/mol. The number of carbonyl (C=O) groups excluding carboxylic acids is 1. The Morgan fingerprint density at radius 1 is 0.900 bits per heavy atom. The molecule has 3 aromatic carbocycles. The third-order valence-corrected chi connectivity index (χ3v) is 6.04. The summed E-state index contributed by atoms with van der Waals surface area (Å²) in [5.74, 6) is -0.153. The van der Waals surface area contributed by atoms with E-state index in [-0.39, 0.29) is 18.5 Å².